The van der Waals surface area contributed by atoms with E-state index in [9.17, 15) is 5.11 Å². The Bertz CT molecular complexity index is 87.1. The molecule has 0 spiro atoms. The van der Waals surface area contributed by atoms with Gasteiger partial charge in [-0.2, -0.15) is 0 Å². The molecular weight excluding hydrogens is 100 g/mol. The Kier molecular flexibility index (Phi) is 2.23. The molecule has 0 saturated heterocycles. The maximum Gasteiger partial charge on any atom is 0.0798 e. The molecule has 0 radical (unpaired) electrons. The van der Waals surface area contributed by atoms with Crippen molar-refractivity contribution in [3.63, 3.8) is 0 Å². The summed E-state index contributed by atoms with van der Waals surface area (Å²) in [4.78, 5) is 0. The highest BCUT2D eigenvalue weighted by molar-refractivity contribution is 5.06. The predicted molar refractivity (Wildman–Crippen MR) is 35.7 cm³/mol. The maximum absolute atomic E-state index is 9.19. The van der Waals surface area contributed by atoms with Gasteiger partial charge in [0.25, 0.3) is 0 Å². The Balaban J connectivity index is 3.82. The van der Waals surface area contributed by atoms with Crippen LogP contribution in [-0.2, 0) is 0 Å². The van der Waals surface area contributed by atoms with Gasteiger partial charge in [0, 0.05) is 0 Å². The minimum atomic E-state index is -0.686. The molecular formula is C7H14O. The van der Waals surface area contributed by atoms with E-state index in [0.717, 1.165) is 12.0 Å². The summed E-state index contributed by atoms with van der Waals surface area (Å²) in [5.74, 6) is 0. The third-order valence-corrected chi connectivity index (χ3v) is 1.29. The second-order valence-electron chi connectivity index (χ2n) is 2.52. The van der Waals surface area contributed by atoms with Crippen molar-refractivity contribution in [3.8, 4) is 0 Å². The number of hydrogen-bond donors (Lipinski definition) is 1. The maximum atomic E-state index is 9.19. The molecule has 0 atom stereocenters. The van der Waals surface area contributed by atoms with Crippen molar-refractivity contribution in [2.75, 3.05) is 0 Å². The van der Waals surface area contributed by atoms with Crippen molar-refractivity contribution in [2.45, 2.75) is 32.8 Å². The smallest absolute Gasteiger partial charge is 0.0798 e. The first-order valence-electron chi connectivity index (χ1n) is 2.89. The van der Waals surface area contributed by atoms with Crippen LogP contribution in [0.2, 0.25) is 0 Å². The van der Waals surface area contributed by atoms with Gasteiger partial charge in [0.15, 0.2) is 0 Å². The monoisotopic (exact) mass is 114 g/mol. The molecule has 0 bridgehead atoms. The van der Waals surface area contributed by atoms with Crippen LogP contribution >= 0.6 is 0 Å². The van der Waals surface area contributed by atoms with E-state index in [2.05, 4.69) is 6.58 Å². The molecule has 0 aromatic rings. The summed E-state index contributed by atoms with van der Waals surface area (Å²) in [7, 11) is 0. The predicted octanol–water partition coefficient (Wildman–Crippen LogP) is 1.72. The molecule has 1 nitrogen and oxygen atoms in total. The fourth-order valence-corrected chi connectivity index (χ4v) is 0.433. The lowest BCUT2D eigenvalue weighted by Gasteiger charge is -2.18. The zero-order valence-corrected chi connectivity index (χ0v) is 5.86. The molecule has 1 N–H and O–H groups in total. The van der Waals surface area contributed by atoms with Crippen LogP contribution in [0.5, 0.6) is 0 Å². The molecule has 0 rings (SSSR count). The van der Waals surface area contributed by atoms with Crippen LogP contribution in [0.25, 0.3) is 0 Å². The first-order chi connectivity index (χ1) is 3.48. The quantitative estimate of drug-likeness (QED) is 0.542. The molecule has 48 valence electrons. The highest BCUT2D eigenvalue weighted by Crippen LogP contribution is 2.15. The van der Waals surface area contributed by atoms with Gasteiger partial charge in [0.2, 0.25) is 0 Å². The van der Waals surface area contributed by atoms with Crippen LogP contribution in [-0.4, -0.2) is 10.7 Å². The van der Waals surface area contributed by atoms with Gasteiger partial charge in [-0.05, 0) is 25.8 Å². The molecule has 1 heteroatoms. The van der Waals surface area contributed by atoms with E-state index in [1.54, 1.807) is 13.8 Å². The van der Waals surface area contributed by atoms with Crippen LogP contribution in [0.4, 0.5) is 0 Å². The Morgan fingerprint density at radius 3 is 2.00 bits per heavy atom. The average Bonchev–Trinajstić information content (AvgIpc) is 1.62. The Hall–Kier alpha value is -0.300. The van der Waals surface area contributed by atoms with Crippen molar-refractivity contribution in [3.05, 3.63) is 12.2 Å². The largest absolute Gasteiger partial charge is 0.386 e. The molecule has 0 unspecified atom stereocenters. The summed E-state index contributed by atoms with van der Waals surface area (Å²) in [5, 5.41) is 9.19. The Labute approximate surface area is 51.0 Å². The van der Waals surface area contributed by atoms with Crippen molar-refractivity contribution in [1.29, 1.82) is 0 Å². The first-order valence-corrected chi connectivity index (χ1v) is 2.89. The molecule has 0 aromatic heterocycles. The topological polar surface area (TPSA) is 20.2 Å². The van der Waals surface area contributed by atoms with Crippen molar-refractivity contribution >= 4 is 0 Å². The zero-order valence-electron chi connectivity index (χ0n) is 5.86. The minimum Gasteiger partial charge on any atom is -0.386 e. The van der Waals surface area contributed by atoms with Crippen LogP contribution in [0.1, 0.15) is 27.2 Å². The van der Waals surface area contributed by atoms with Crippen LogP contribution in [0, 0.1) is 0 Å². The standard InChI is InChI=1S/C7H14O/c1-5-6(2)7(3,4)8/h8H,2,5H2,1,3-4H3. The van der Waals surface area contributed by atoms with Gasteiger partial charge in [0.05, 0.1) is 5.60 Å². The van der Waals surface area contributed by atoms with Gasteiger partial charge >= 0.3 is 0 Å². The third-order valence-electron chi connectivity index (χ3n) is 1.29. The van der Waals surface area contributed by atoms with E-state index in [4.69, 9.17) is 0 Å². The van der Waals surface area contributed by atoms with Gasteiger partial charge in [-0.25, -0.2) is 0 Å². The fraction of sp³-hybridized carbons (Fsp3) is 0.714. The van der Waals surface area contributed by atoms with E-state index >= 15 is 0 Å². The van der Waals surface area contributed by atoms with Crippen LogP contribution in [0.15, 0.2) is 12.2 Å². The first kappa shape index (κ1) is 7.70. The second kappa shape index (κ2) is 2.31. The third kappa shape index (κ3) is 2.12. The lowest BCUT2D eigenvalue weighted by atomic mass is 9.98. The lowest BCUT2D eigenvalue weighted by Crippen LogP contribution is -2.20. The lowest BCUT2D eigenvalue weighted by molar-refractivity contribution is 0.117. The van der Waals surface area contributed by atoms with Crippen molar-refractivity contribution in [1.82, 2.24) is 0 Å². The number of rotatable bonds is 2. The van der Waals surface area contributed by atoms with Crippen LogP contribution < -0.4 is 0 Å². The van der Waals surface area contributed by atoms with Crippen molar-refractivity contribution in [2.24, 2.45) is 0 Å². The molecule has 0 saturated carbocycles. The van der Waals surface area contributed by atoms with E-state index in [1.807, 2.05) is 6.92 Å². The molecule has 0 amide bonds. The summed E-state index contributed by atoms with van der Waals surface area (Å²) in [6, 6.07) is 0. The van der Waals surface area contributed by atoms with Gasteiger partial charge in [0.1, 0.15) is 0 Å². The molecule has 0 aliphatic carbocycles. The fourth-order valence-electron chi connectivity index (χ4n) is 0.433. The average molecular weight is 114 g/mol. The molecule has 0 aromatic carbocycles. The van der Waals surface area contributed by atoms with Gasteiger partial charge in [-0.3, -0.25) is 0 Å². The zero-order chi connectivity index (χ0) is 6.78. The summed E-state index contributed by atoms with van der Waals surface area (Å²) in [6.45, 7) is 9.18. The van der Waals surface area contributed by atoms with E-state index in [1.165, 1.54) is 0 Å². The summed E-state index contributed by atoms with van der Waals surface area (Å²) in [5.41, 5.74) is 0.201. The summed E-state index contributed by atoms with van der Waals surface area (Å²) in [6.07, 6.45) is 0.851. The normalized spacial score (nSPS) is 11.5. The summed E-state index contributed by atoms with van der Waals surface area (Å²) < 4.78 is 0. The molecule has 0 heterocycles. The van der Waals surface area contributed by atoms with Gasteiger partial charge in [-0.15, -0.1) is 0 Å². The van der Waals surface area contributed by atoms with Gasteiger partial charge in [-0.1, -0.05) is 13.5 Å². The molecule has 0 aliphatic heterocycles. The van der Waals surface area contributed by atoms with E-state index in [0.29, 0.717) is 0 Å². The summed E-state index contributed by atoms with van der Waals surface area (Å²) >= 11 is 0. The second-order valence-corrected chi connectivity index (χ2v) is 2.52. The van der Waals surface area contributed by atoms with E-state index < -0.39 is 5.60 Å². The van der Waals surface area contributed by atoms with E-state index in [-0.39, 0.29) is 0 Å². The van der Waals surface area contributed by atoms with Crippen molar-refractivity contribution < 1.29 is 5.11 Å². The molecule has 0 fully saturated rings. The highest BCUT2D eigenvalue weighted by atomic mass is 16.3. The number of hydrogen-bond acceptors (Lipinski definition) is 1. The Morgan fingerprint density at radius 2 is 2.00 bits per heavy atom. The SMILES string of the molecule is C=C(CC)C(C)(C)O. The highest BCUT2D eigenvalue weighted by Gasteiger charge is 2.13. The Morgan fingerprint density at radius 1 is 1.62 bits per heavy atom. The number of aliphatic hydroxyl groups is 1. The molecule has 0 aliphatic rings. The van der Waals surface area contributed by atoms with Gasteiger partial charge < -0.3 is 5.11 Å². The minimum absolute atomic E-state index is 0.686. The molecule has 8 heavy (non-hydrogen) atoms. The van der Waals surface area contributed by atoms with Crippen LogP contribution in [0.3, 0.4) is 0 Å².